The average Bonchev–Trinajstić information content (AvgIpc) is 2.52. The lowest BCUT2D eigenvalue weighted by Crippen LogP contribution is -2.00. The summed E-state index contributed by atoms with van der Waals surface area (Å²) in [5.74, 6) is -0.799. The van der Waals surface area contributed by atoms with E-state index in [-0.39, 0.29) is 12.4 Å². The number of hydrogen-bond donors (Lipinski definition) is 1. The van der Waals surface area contributed by atoms with Crippen LogP contribution in [0.1, 0.15) is 11.1 Å². The van der Waals surface area contributed by atoms with Gasteiger partial charge in [-0.05, 0) is 42.0 Å². The van der Waals surface area contributed by atoms with Gasteiger partial charge < -0.3 is 14.6 Å². The molecule has 0 aromatic heterocycles. The van der Waals surface area contributed by atoms with Crippen molar-refractivity contribution in [2.75, 3.05) is 7.11 Å². The van der Waals surface area contributed by atoms with Crippen LogP contribution in [0.25, 0.3) is 6.08 Å². The fraction of sp³-hybridized carbons (Fsp3) is 0.118. The molecule has 2 rings (SSSR count). The lowest BCUT2D eigenvalue weighted by Gasteiger charge is -2.12. The lowest BCUT2D eigenvalue weighted by molar-refractivity contribution is -0.131. The van der Waals surface area contributed by atoms with Crippen molar-refractivity contribution in [3.8, 4) is 11.5 Å². The van der Waals surface area contributed by atoms with Crippen molar-refractivity contribution in [1.82, 2.24) is 0 Å². The quantitative estimate of drug-likeness (QED) is 0.760. The molecule has 1 N–H and O–H groups in total. The third-order valence-electron chi connectivity index (χ3n) is 3.00. The van der Waals surface area contributed by atoms with Gasteiger partial charge in [-0.15, -0.1) is 0 Å². The summed E-state index contributed by atoms with van der Waals surface area (Å²) in [5.41, 5.74) is 1.37. The largest absolute Gasteiger partial charge is 0.496 e. The lowest BCUT2D eigenvalue weighted by atomic mass is 10.1. The van der Waals surface area contributed by atoms with E-state index in [9.17, 15) is 9.18 Å². The fourth-order valence-corrected chi connectivity index (χ4v) is 2.26. The highest BCUT2D eigenvalue weighted by molar-refractivity contribution is 9.10. The van der Waals surface area contributed by atoms with Crippen LogP contribution in [0.3, 0.4) is 0 Å². The minimum atomic E-state index is -1.03. The molecule has 0 saturated carbocycles. The molecular formula is C17H14BrFO4. The molecule has 0 radical (unpaired) electrons. The van der Waals surface area contributed by atoms with Crippen molar-refractivity contribution < 1.29 is 23.8 Å². The smallest absolute Gasteiger partial charge is 0.328 e. The predicted molar refractivity (Wildman–Crippen MR) is 88.1 cm³/mol. The highest BCUT2D eigenvalue weighted by atomic mass is 79.9. The van der Waals surface area contributed by atoms with Gasteiger partial charge in [-0.1, -0.05) is 22.0 Å². The Balaban J connectivity index is 2.20. The van der Waals surface area contributed by atoms with Crippen molar-refractivity contribution in [3.63, 3.8) is 0 Å². The Labute approximate surface area is 141 Å². The molecule has 2 aromatic rings. The van der Waals surface area contributed by atoms with Crippen LogP contribution in [0.2, 0.25) is 0 Å². The van der Waals surface area contributed by atoms with Gasteiger partial charge in [0.25, 0.3) is 0 Å². The average molecular weight is 381 g/mol. The second kappa shape index (κ2) is 7.78. The van der Waals surface area contributed by atoms with E-state index >= 15 is 0 Å². The van der Waals surface area contributed by atoms with E-state index in [1.807, 2.05) is 0 Å². The zero-order chi connectivity index (χ0) is 16.8. The molecule has 0 atom stereocenters. The van der Waals surface area contributed by atoms with Crippen LogP contribution in [0.15, 0.2) is 46.9 Å². The van der Waals surface area contributed by atoms with Crippen LogP contribution in [-0.4, -0.2) is 18.2 Å². The van der Waals surface area contributed by atoms with Gasteiger partial charge in [0.1, 0.15) is 12.4 Å². The van der Waals surface area contributed by atoms with E-state index in [1.165, 1.54) is 25.3 Å². The molecule has 0 heterocycles. The van der Waals surface area contributed by atoms with E-state index in [2.05, 4.69) is 15.9 Å². The van der Waals surface area contributed by atoms with Crippen molar-refractivity contribution >= 4 is 28.0 Å². The Morgan fingerprint density at radius 1 is 1.26 bits per heavy atom. The molecule has 0 aliphatic carbocycles. The molecule has 6 heteroatoms. The Morgan fingerprint density at radius 2 is 2.00 bits per heavy atom. The van der Waals surface area contributed by atoms with Gasteiger partial charge in [-0.25, -0.2) is 9.18 Å². The van der Waals surface area contributed by atoms with Gasteiger partial charge in [0, 0.05) is 16.1 Å². The molecule has 2 aromatic carbocycles. The number of aliphatic carboxylic acids is 1. The number of ether oxygens (including phenoxy) is 2. The first-order chi connectivity index (χ1) is 11.0. The first kappa shape index (κ1) is 17.0. The molecule has 0 spiro atoms. The maximum absolute atomic E-state index is 13.8. The van der Waals surface area contributed by atoms with Crippen molar-refractivity contribution in [2.24, 2.45) is 0 Å². The number of benzene rings is 2. The monoisotopic (exact) mass is 380 g/mol. The Hall–Kier alpha value is -2.34. The van der Waals surface area contributed by atoms with E-state index in [0.717, 1.165) is 6.08 Å². The highest BCUT2D eigenvalue weighted by Crippen LogP contribution is 2.25. The number of methoxy groups -OCH3 is 1. The van der Waals surface area contributed by atoms with E-state index < -0.39 is 11.8 Å². The molecule has 0 unspecified atom stereocenters. The second-order valence-corrected chi connectivity index (χ2v) is 5.52. The Bertz CT molecular complexity index is 743. The third kappa shape index (κ3) is 4.82. The second-order valence-electron chi connectivity index (χ2n) is 4.61. The van der Waals surface area contributed by atoms with Gasteiger partial charge in [0.2, 0.25) is 0 Å². The number of carboxylic acid groups (broad SMARTS) is 1. The van der Waals surface area contributed by atoms with E-state index in [4.69, 9.17) is 14.6 Å². The van der Waals surface area contributed by atoms with Gasteiger partial charge in [0.15, 0.2) is 11.6 Å². The topological polar surface area (TPSA) is 55.8 Å². The summed E-state index contributed by atoms with van der Waals surface area (Å²) in [4.78, 5) is 10.6. The molecule has 0 bridgehead atoms. The van der Waals surface area contributed by atoms with Crippen LogP contribution in [0, 0.1) is 5.82 Å². The van der Waals surface area contributed by atoms with Crippen molar-refractivity contribution in [2.45, 2.75) is 6.61 Å². The standard InChI is InChI=1S/C17H14BrFO4/c1-22-15-5-2-11(3-7-17(20)21)8-12(15)10-23-16-6-4-13(18)9-14(16)19/h2-9H,10H2,1H3,(H,20,21). The van der Waals surface area contributed by atoms with E-state index in [0.29, 0.717) is 21.3 Å². The molecule has 0 aliphatic heterocycles. The molecule has 23 heavy (non-hydrogen) atoms. The van der Waals surface area contributed by atoms with Crippen LogP contribution < -0.4 is 9.47 Å². The summed E-state index contributed by atoms with van der Waals surface area (Å²) < 4.78 is 25.1. The highest BCUT2D eigenvalue weighted by Gasteiger charge is 2.08. The van der Waals surface area contributed by atoms with Gasteiger partial charge in [-0.3, -0.25) is 0 Å². The number of carbonyl (C=O) groups is 1. The summed E-state index contributed by atoms with van der Waals surface area (Å²) in [5, 5.41) is 8.67. The Morgan fingerprint density at radius 3 is 2.65 bits per heavy atom. The summed E-state index contributed by atoms with van der Waals surface area (Å²) in [6.45, 7) is 0.0937. The summed E-state index contributed by atoms with van der Waals surface area (Å²) in [6, 6.07) is 9.69. The maximum Gasteiger partial charge on any atom is 0.328 e. The summed E-state index contributed by atoms with van der Waals surface area (Å²) in [6.07, 6.45) is 2.51. The van der Waals surface area contributed by atoms with Crippen LogP contribution in [-0.2, 0) is 11.4 Å². The van der Waals surface area contributed by atoms with Gasteiger partial charge in [-0.2, -0.15) is 0 Å². The summed E-state index contributed by atoms with van der Waals surface area (Å²) in [7, 11) is 1.52. The third-order valence-corrected chi connectivity index (χ3v) is 3.49. The van der Waals surface area contributed by atoms with Crippen molar-refractivity contribution in [3.05, 3.63) is 63.9 Å². The van der Waals surface area contributed by atoms with E-state index in [1.54, 1.807) is 24.3 Å². The number of hydrogen-bond acceptors (Lipinski definition) is 3. The zero-order valence-corrected chi connectivity index (χ0v) is 13.8. The van der Waals surface area contributed by atoms with Crippen LogP contribution >= 0.6 is 15.9 Å². The summed E-state index contributed by atoms with van der Waals surface area (Å²) >= 11 is 3.18. The number of rotatable bonds is 6. The normalized spacial score (nSPS) is 10.7. The molecule has 0 saturated heterocycles. The minimum absolute atomic E-state index is 0.0937. The predicted octanol–water partition coefficient (Wildman–Crippen LogP) is 4.27. The van der Waals surface area contributed by atoms with Gasteiger partial charge in [0.05, 0.1) is 7.11 Å². The number of halogens is 2. The first-order valence-electron chi connectivity index (χ1n) is 6.65. The van der Waals surface area contributed by atoms with Crippen LogP contribution in [0.4, 0.5) is 4.39 Å². The molecule has 0 fully saturated rings. The fourth-order valence-electron chi connectivity index (χ4n) is 1.93. The maximum atomic E-state index is 13.8. The van der Waals surface area contributed by atoms with Gasteiger partial charge >= 0.3 is 5.97 Å². The molecule has 120 valence electrons. The molecule has 4 nitrogen and oxygen atoms in total. The zero-order valence-electron chi connectivity index (χ0n) is 12.3. The molecular weight excluding hydrogens is 367 g/mol. The van der Waals surface area contributed by atoms with Crippen molar-refractivity contribution in [1.29, 1.82) is 0 Å². The number of carboxylic acids is 1. The van der Waals surface area contributed by atoms with Crippen LogP contribution in [0.5, 0.6) is 11.5 Å². The minimum Gasteiger partial charge on any atom is -0.496 e. The Kier molecular flexibility index (Phi) is 5.76. The SMILES string of the molecule is COc1ccc(C=CC(=O)O)cc1COc1ccc(Br)cc1F. The molecule has 0 aliphatic rings. The first-order valence-corrected chi connectivity index (χ1v) is 7.44. The molecule has 0 amide bonds.